The predicted octanol–water partition coefficient (Wildman–Crippen LogP) is 4.58. The maximum atomic E-state index is 13.2. The van der Waals surface area contributed by atoms with E-state index in [2.05, 4.69) is 4.98 Å². The monoisotopic (exact) mass is 396 g/mol. The number of pyridine rings is 1. The third-order valence-electron chi connectivity index (χ3n) is 4.98. The molecular formula is C22H21ClN2O3. The van der Waals surface area contributed by atoms with Gasteiger partial charge in [0, 0.05) is 42.4 Å². The fourth-order valence-corrected chi connectivity index (χ4v) is 3.61. The van der Waals surface area contributed by atoms with Gasteiger partial charge in [-0.25, -0.2) is 4.98 Å². The molecule has 1 aliphatic rings. The molecule has 1 fully saturated rings. The summed E-state index contributed by atoms with van der Waals surface area (Å²) in [6.07, 6.45) is 1.66. The smallest absolute Gasteiger partial charge is 0.254 e. The van der Waals surface area contributed by atoms with Gasteiger partial charge in [-0.15, -0.1) is 0 Å². The number of hydrogen-bond donors (Lipinski definition) is 0. The van der Waals surface area contributed by atoms with Crippen LogP contribution in [0.25, 0.3) is 10.9 Å². The summed E-state index contributed by atoms with van der Waals surface area (Å²) in [4.78, 5) is 19.5. The van der Waals surface area contributed by atoms with Crippen LogP contribution in [0, 0.1) is 0 Å². The average Bonchev–Trinajstić information content (AvgIpc) is 2.74. The first-order valence-electron chi connectivity index (χ1n) is 9.29. The zero-order valence-electron chi connectivity index (χ0n) is 15.6. The van der Waals surface area contributed by atoms with Crippen LogP contribution in [0.5, 0.6) is 11.6 Å². The zero-order valence-corrected chi connectivity index (χ0v) is 16.4. The molecule has 6 heteroatoms. The molecule has 3 aromatic rings. The van der Waals surface area contributed by atoms with Crippen LogP contribution in [0.1, 0.15) is 23.2 Å². The van der Waals surface area contributed by atoms with E-state index in [0.29, 0.717) is 29.6 Å². The molecule has 1 aromatic heterocycles. The molecule has 0 radical (unpaired) electrons. The van der Waals surface area contributed by atoms with Crippen LogP contribution in [0.2, 0.25) is 5.02 Å². The second-order valence-electron chi connectivity index (χ2n) is 6.79. The number of nitrogens with zero attached hydrogens (tertiary/aromatic N) is 2. The third-order valence-corrected chi connectivity index (χ3v) is 5.23. The minimum absolute atomic E-state index is 0.00171. The lowest BCUT2D eigenvalue weighted by atomic mass is 10.0. The van der Waals surface area contributed by atoms with E-state index in [9.17, 15) is 4.79 Å². The second-order valence-corrected chi connectivity index (χ2v) is 7.23. The number of methoxy groups -OCH3 is 1. The van der Waals surface area contributed by atoms with Crippen molar-refractivity contribution in [3.63, 3.8) is 0 Å². The third kappa shape index (κ3) is 3.90. The van der Waals surface area contributed by atoms with E-state index >= 15 is 0 Å². The summed E-state index contributed by atoms with van der Waals surface area (Å²) in [5.74, 6) is 1.25. The van der Waals surface area contributed by atoms with Crippen LogP contribution in [-0.2, 0) is 0 Å². The molecule has 2 aromatic carbocycles. The lowest BCUT2D eigenvalue weighted by Gasteiger charge is -2.32. The summed E-state index contributed by atoms with van der Waals surface area (Å²) in [5.41, 5.74) is 1.38. The number of amides is 1. The van der Waals surface area contributed by atoms with Gasteiger partial charge in [0.15, 0.2) is 0 Å². The number of ether oxygens (including phenoxy) is 2. The maximum absolute atomic E-state index is 13.2. The number of likely N-dealkylation sites (tertiary alicyclic amines) is 1. The molecule has 0 saturated carbocycles. The number of hydrogen-bond acceptors (Lipinski definition) is 4. The number of aromatic nitrogens is 1. The van der Waals surface area contributed by atoms with Crippen molar-refractivity contribution in [3.05, 3.63) is 65.2 Å². The highest BCUT2D eigenvalue weighted by Crippen LogP contribution is 2.26. The number of piperidine rings is 1. The van der Waals surface area contributed by atoms with E-state index < -0.39 is 0 Å². The van der Waals surface area contributed by atoms with Gasteiger partial charge in [0.05, 0.1) is 18.2 Å². The molecule has 1 aliphatic heterocycles. The number of para-hydroxylation sites is 1. The SMILES string of the molecule is COc1cc(C(=O)N2CCC(Oc3ccc(Cl)cc3)CC2)c2ccccc2n1. The van der Waals surface area contributed by atoms with Crippen LogP contribution in [0.3, 0.4) is 0 Å². The number of carbonyl (C=O) groups is 1. The van der Waals surface area contributed by atoms with Crippen molar-refractivity contribution in [1.29, 1.82) is 0 Å². The molecule has 5 nitrogen and oxygen atoms in total. The summed E-state index contributed by atoms with van der Waals surface area (Å²) >= 11 is 5.92. The Balaban J connectivity index is 1.47. The van der Waals surface area contributed by atoms with Gasteiger partial charge in [-0.3, -0.25) is 4.79 Å². The molecule has 0 atom stereocenters. The molecule has 0 unspecified atom stereocenters. The molecule has 28 heavy (non-hydrogen) atoms. The number of carbonyl (C=O) groups excluding carboxylic acids is 1. The highest BCUT2D eigenvalue weighted by Gasteiger charge is 2.26. The van der Waals surface area contributed by atoms with Crippen LogP contribution in [0.15, 0.2) is 54.6 Å². The predicted molar refractivity (Wildman–Crippen MR) is 109 cm³/mol. The first kappa shape index (κ1) is 18.6. The van der Waals surface area contributed by atoms with Crippen molar-refractivity contribution in [2.75, 3.05) is 20.2 Å². The van der Waals surface area contributed by atoms with Gasteiger partial charge in [0.1, 0.15) is 11.9 Å². The van der Waals surface area contributed by atoms with Gasteiger partial charge in [0.2, 0.25) is 5.88 Å². The van der Waals surface area contributed by atoms with E-state index in [1.165, 1.54) is 0 Å². The summed E-state index contributed by atoms with van der Waals surface area (Å²) in [7, 11) is 1.56. The van der Waals surface area contributed by atoms with Crippen molar-refractivity contribution < 1.29 is 14.3 Å². The first-order chi connectivity index (χ1) is 13.6. The van der Waals surface area contributed by atoms with Crippen LogP contribution < -0.4 is 9.47 Å². The van der Waals surface area contributed by atoms with Gasteiger partial charge in [0.25, 0.3) is 5.91 Å². The average molecular weight is 397 g/mol. The Morgan fingerprint density at radius 2 is 1.82 bits per heavy atom. The zero-order chi connectivity index (χ0) is 19.5. The molecule has 2 heterocycles. The Kier molecular flexibility index (Phi) is 5.35. The van der Waals surface area contributed by atoms with Crippen molar-refractivity contribution in [1.82, 2.24) is 9.88 Å². The molecular weight excluding hydrogens is 376 g/mol. The topological polar surface area (TPSA) is 51.7 Å². The number of rotatable bonds is 4. The van der Waals surface area contributed by atoms with Gasteiger partial charge in [-0.2, -0.15) is 0 Å². The molecule has 1 saturated heterocycles. The number of benzene rings is 2. The summed E-state index contributed by atoms with van der Waals surface area (Å²) < 4.78 is 11.3. The number of halogens is 1. The summed E-state index contributed by atoms with van der Waals surface area (Å²) in [6, 6.07) is 16.7. The molecule has 1 amide bonds. The van der Waals surface area contributed by atoms with E-state index in [1.807, 2.05) is 53.4 Å². The first-order valence-corrected chi connectivity index (χ1v) is 9.67. The lowest BCUT2D eigenvalue weighted by molar-refractivity contribution is 0.0597. The summed E-state index contributed by atoms with van der Waals surface area (Å²) in [5, 5.41) is 1.53. The fourth-order valence-electron chi connectivity index (χ4n) is 3.49. The minimum Gasteiger partial charge on any atom is -0.490 e. The quantitative estimate of drug-likeness (QED) is 0.647. The standard InChI is InChI=1S/C22H21ClN2O3/c1-27-21-14-19(18-4-2-3-5-20(18)24-21)22(26)25-12-10-17(11-13-25)28-16-8-6-15(23)7-9-16/h2-9,14,17H,10-13H2,1H3. The van der Waals surface area contributed by atoms with Crippen molar-refractivity contribution in [2.45, 2.75) is 18.9 Å². The van der Waals surface area contributed by atoms with E-state index in [0.717, 1.165) is 29.5 Å². The van der Waals surface area contributed by atoms with Crippen molar-refractivity contribution in [2.24, 2.45) is 0 Å². The molecule has 0 spiro atoms. The minimum atomic E-state index is 0.00171. The normalized spacial score (nSPS) is 14.9. The van der Waals surface area contributed by atoms with Crippen LogP contribution >= 0.6 is 11.6 Å². The highest BCUT2D eigenvalue weighted by atomic mass is 35.5. The molecule has 144 valence electrons. The second kappa shape index (κ2) is 8.07. The van der Waals surface area contributed by atoms with Crippen molar-refractivity contribution in [3.8, 4) is 11.6 Å². The van der Waals surface area contributed by atoms with Crippen LogP contribution in [-0.4, -0.2) is 42.1 Å². The summed E-state index contributed by atoms with van der Waals surface area (Å²) in [6.45, 7) is 1.30. The Bertz CT molecular complexity index is 983. The van der Waals surface area contributed by atoms with Gasteiger partial charge < -0.3 is 14.4 Å². The van der Waals surface area contributed by atoms with E-state index in [-0.39, 0.29) is 12.0 Å². The Morgan fingerprint density at radius 1 is 1.11 bits per heavy atom. The Labute approximate surface area is 168 Å². The lowest BCUT2D eigenvalue weighted by Crippen LogP contribution is -2.41. The molecule has 0 N–H and O–H groups in total. The van der Waals surface area contributed by atoms with Crippen molar-refractivity contribution >= 4 is 28.4 Å². The maximum Gasteiger partial charge on any atom is 0.254 e. The van der Waals surface area contributed by atoms with Gasteiger partial charge >= 0.3 is 0 Å². The Morgan fingerprint density at radius 3 is 2.54 bits per heavy atom. The molecule has 0 bridgehead atoms. The van der Waals surface area contributed by atoms with E-state index in [4.69, 9.17) is 21.1 Å². The molecule has 0 aliphatic carbocycles. The largest absolute Gasteiger partial charge is 0.490 e. The Hall–Kier alpha value is -2.79. The number of fused-ring (bicyclic) bond motifs is 1. The fraction of sp³-hybridized carbons (Fsp3) is 0.273. The van der Waals surface area contributed by atoms with Gasteiger partial charge in [-0.05, 0) is 30.3 Å². The van der Waals surface area contributed by atoms with Crippen LogP contribution in [0.4, 0.5) is 0 Å². The molecule has 4 rings (SSSR count). The van der Waals surface area contributed by atoms with E-state index in [1.54, 1.807) is 13.2 Å². The highest BCUT2D eigenvalue weighted by molar-refractivity contribution is 6.30. The van der Waals surface area contributed by atoms with Gasteiger partial charge in [-0.1, -0.05) is 29.8 Å².